The van der Waals surface area contributed by atoms with Gasteiger partial charge in [0.05, 0.1) is 18.6 Å². The van der Waals surface area contributed by atoms with E-state index in [1.807, 2.05) is 6.07 Å². The van der Waals surface area contributed by atoms with Crippen LogP contribution >= 0.6 is 0 Å². The molecule has 0 aliphatic carbocycles. The number of nitrogens with one attached hydrogen (secondary N) is 1. The standard InChI is InChI=1S/C18H24N4O5S/c1-21(27-3)28(24,25)17-8-6-16(7-9-17)20-18(23)22(11-12-26-2)14-15-5-4-10-19-13-15/h4-10,13H,11-12,14H2,1-3H3,(H,20,23). The van der Waals surface area contributed by atoms with Crippen LogP contribution in [0.4, 0.5) is 10.5 Å². The van der Waals surface area contributed by atoms with Gasteiger partial charge in [0.1, 0.15) is 0 Å². The first kappa shape index (κ1) is 21.8. The molecule has 0 atom stereocenters. The minimum Gasteiger partial charge on any atom is -0.383 e. The molecule has 1 aromatic heterocycles. The molecule has 0 saturated heterocycles. The molecule has 0 fully saturated rings. The molecule has 0 aliphatic heterocycles. The van der Waals surface area contributed by atoms with Gasteiger partial charge >= 0.3 is 6.03 Å². The van der Waals surface area contributed by atoms with Crippen LogP contribution in [0.2, 0.25) is 0 Å². The first-order chi connectivity index (χ1) is 13.4. The maximum absolute atomic E-state index is 12.7. The zero-order valence-corrected chi connectivity index (χ0v) is 16.8. The Balaban J connectivity index is 2.10. The Kier molecular flexibility index (Phi) is 7.88. The molecule has 0 unspecified atom stereocenters. The third-order valence-corrected chi connectivity index (χ3v) is 5.64. The van der Waals surface area contributed by atoms with Crippen LogP contribution in [-0.2, 0) is 26.1 Å². The summed E-state index contributed by atoms with van der Waals surface area (Å²) in [6, 6.07) is 9.21. The molecule has 152 valence electrons. The number of pyridine rings is 1. The van der Waals surface area contributed by atoms with Crippen LogP contribution in [0.15, 0.2) is 53.7 Å². The molecule has 1 N–H and O–H groups in total. The van der Waals surface area contributed by atoms with Gasteiger partial charge in [0.25, 0.3) is 10.0 Å². The lowest BCUT2D eigenvalue weighted by Gasteiger charge is -2.23. The minimum atomic E-state index is -3.74. The van der Waals surface area contributed by atoms with Gasteiger partial charge < -0.3 is 15.0 Å². The molecule has 1 heterocycles. The number of hydrogen-bond acceptors (Lipinski definition) is 6. The Bertz CT molecular complexity index is 859. The van der Waals surface area contributed by atoms with E-state index in [2.05, 4.69) is 10.3 Å². The number of aromatic nitrogens is 1. The molecule has 2 amide bonds. The van der Waals surface area contributed by atoms with Crippen molar-refractivity contribution in [1.29, 1.82) is 0 Å². The number of urea groups is 1. The summed E-state index contributed by atoms with van der Waals surface area (Å²) in [6.45, 7) is 1.14. The number of benzene rings is 1. The smallest absolute Gasteiger partial charge is 0.322 e. The Morgan fingerprint density at radius 1 is 1.18 bits per heavy atom. The molecule has 10 heteroatoms. The first-order valence-electron chi connectivity index (χ1n) is 8.45. The third-order valence-electron chi connectivity index (χ3n) is 3.95. The maximum Gasteiger partial charge on any atom is 0.322 e. The van der Waals surface area contributed by atoms with E-state index in [1.54, 1.807) is 30.5 Å². The minimum absolute atomic E-state index is 0.0569. The summed E-state index contributed by atoms with van der Waals surface area (Å²) in [5, 5.41) is 2.76. The summed E-state index contributed by atoms with van der Waals surface area (Å²) in [6.07, 6.45) is 3.36. The Labute approximate surface area is 164 Å². The number of carbonyl (C=O) groups excluding carboxylic acids is 1. The number of ether oxygens (including phenoxy) is 1. The van der Waals surface area contributed by atoms with E-state index in [9.17, 15) is 13.2 Å². The van der Waals surface area contributed by atoms with Gasteiger partial charge in [0, 0.05) is 45.3 Å². The molecule has 2 aromatic rings. The Hall–Kier alpha value is -2.53. The van der Waals surface area contributed by atoms with Crippen LogP contribution < -0.4 is 5.32 Å². The van der Waals surface area contributed by atoms with E-state index in [-0.39, 0.29) is 10.9 Å². The summed E-state index contributed by atoms with van der Waals surface area (Å²) in [5.74, 6) is 0. The highest BCUT2D eigenvalue weighted by molar-refractivity contribution is 7.89. The van der Waals surface area contributed by atoms with Gasteiger partial charge in [-0.1, -0.05) is 10.5 Å². The van der Waals surface area contributed by atoms with E-state index in [4.69, 9.17) is 9.57 Å². The summed E-state index contributed by atoms with van der Waals surface area (Å²) in [7, 11) is 0.397. The molecule has 2 rings (SSSR count). The lowest BCUT2D eigenvalue weighted by molar-refractivity contribution is -0.0258. The van der Waals surface area contributed by atoms with Crippen molar-refractivity contribution >= 4 is 21.7 Å². The van der Waals surface area contributed by atoms with Gasteiger partial charge in [-0.3, -0.25) is 9.82 Å². The zero-order chi connectivity index (χ0) is 20.6. The fraction of sp³-hybridized carbons (Fsp3) is 0.333. The van der Waals surface area contributed by atoms with Crippen molar-refractivity contribution in [2.24, 2.45) is 0 Å². The maximum atomic E-state index is 12.7. The highest BCUT2D eigenvalue weighted by atomic mass is 32.2. The van der Waals surface area contributed by atoms with Crippen molar-refractivity contribution in [3.8, 4) is 0 Å². The third kappa shape index (κ3) is 5.73. The molecule has 9 nitrogen and oxygen atoms in total. The van der Waals surface area contributed by atoms with Gasteiger partial charge in [-0.15, -0.1) is 0 Å². The van der Waals surface area contributed by atoms with Gasteiger partial charge in [0.15, 0.2) is 0 Å². The van der Waals surface area contributed by atoms with Crippen LogP contribution in [0.5, 0.6) is 0 Å². The van der Waals surface area contributed by atoms with Gasteiger partial charge in [0.2, 0.25) is 0 Å². The normalized spacial score (nSPS) is 11.4. The topological polar surface area (TPSA) is 101 Å². The van der Waals surface area contributed by atoms with Crippen molar-refractivity contribution in [3.05, 3.63) is 54.4 Å². The number of hydroxylamine groups is 1. The Morgan fingerprint density at radius 2 is 1.89 bits per heavy atom. The summed E-state index contributed by atoms with van der Waals surface area (Å²) >= 11 is 0. The number of hydrogen-bond donors (Lipinski definition) is 1. The average Bonchev–Trinajstić information content (AvgIpc) is 2.71. The van der Waals surface area contributed by atoms with Gasteiger partial charge in [-0.2, -0.15) is 0 Å². The molecule has 0 spiro atoms. The van der Waals surface area contributed by atoms with Crippen LogP contribution in [0.3, 0.4) is 0 Å². The molecule has 0 radical (unpaired) electrons. The summed E-state index contributed by atoms with van der Waals surface area (Å²) in [5.41, 5.74) is 1.36. The van der Waals surface area contributed by atoms with Gasteiger partial charge in [-0.05, 0) is 35.9 Å². The second-order valence-corrected chi connectivity index (χ2v) is 7.76. The van der Waals surface area contributed by atoms with Crippen molar-refractivity contribution in [2.75, 3.05) is 39.7 Å². The van der Waals surface area contributed by atoms with Crippen LogP contribution in [0.25, 0.3) is 0 Å². The number of carbonyl (C=O) groups is 1. The number of methoxy groups -OCH3 is 1. The van der Waals surface area contributed by atoms with Crippen molar-refractivity contribution in [2.45, 2.75) is 11.4 Å². The fourth-order valence-electron chi connectivity index (χ4n) is 2.33. The number of anilines is 1. The molecule has 28 heavy (non-hydrogen) atoms. The fourth-order valence-corrected chi connectivity index (χ4v) is 3.30. The molecule has 1 aromatic carbocycles. The quantitative estimate of drug-likeness (QED) is 0.637. The van der Waals surface area contributed by atoms with Crippen molar-refractivity contribution in [3.63, 3.8) is 0 Å². The number of rotatable bonds is 9. The van der Waals surface area contributed by atoms with E-state index in [0.29, 0.717) is 25.4 Å². The lowest BCUT2D eigenvalue weighted by atomic mass is 10.2. The summed E-state index contributed by atoms with van der Waals surface area (Å²) < 4.78 is 30.3. The molecular formula is C18H24N4O5S. The predicted octanol–water partition coefficient (Wildman–Crippen LogP) is 1.94. The highest BCUT2D eigenvalue weighted by Crippen LogP contribution is 2.18. The second kappa shape index (κ2) is 10.1. The van der Waals surface area contributed by atoms with Crippen LogP contribution in [0.1, 0.15) is 5.56 Å². The second-order valence-electron chi connectivity index (χ2n) is 5.83. The van der Waals surface area contributed by atoms with E-state index >= 15 is 0 Å². The monoisotopic (exact) mass is 408 g/mol. The number of nitrogens with zero attached hydrogens (tertiary/aromatic N) is 3. The highest BCUT2D eigenvalue weighted by Gasteiger charge is 2.21. The lowest BCUT2D eigenvalue weighted by Crippen LogP contribution is -2.36. The Morgan fingerprint density at radius 3 is 2.46 bits per heavy atom. The van der Waals surface area contributed by atoms with Crippen molar-refractivity contribution in [1.82, 2.24) is 14.4 Å². The van der Waals surface area contributed by atoms with E-state index in [0.717, 1.165) is 10.0 Å². The molecule has 0 saturated carbocycles. The van der Waals surface area contributed by atoms with E-state index in [1.165, 1.54) is 38.4 Å². The largest absolute Gasteiger partial charge is 0.383 e. The molecular weight excluding hydrogens is 384 g/mol. The zero-order valence-electron chi connectivity index (χ0n) is 16.0. The van der Waals surface area contributed by atoms with E-state index < -0.39 is 10.0 Å². The summed E-state index contributed by atoms with van der Waals surface area (Å²) in [4.78, 5) is 23.1. The molecule has 0 aliphatic rings. The first-order valence-corrected chi connectivity index (χ1v) is 9.89. The van der Waals surface area contributed by atoms with Crippen LogP contribution in [-0.4, -0.2) is 63.2 Å². The average molecular weight is 408 g/mol. The SMILES string of the molecule is COCCN(Cc1cccnc1)C(=O)Nc1ccc(S(=O)(=O)N(C)OC)cc1. The van der Waals surface area contributed by atoms with Crippen LogP contribution in [0, 0.1) is 0 Å². The number of sulfonamides is 1. The molecule has 0 bridgehead atoms. The number of amides is 2. The predicted molar refractivity (Wildman–Crippen MR) is 104 cm³/mol. The van der Waals surface area contributed by atoms with Crippen molar-refractivity contribution < 1.29 is 22.8 Å². The van der Waals surface area contributed by atoms with Gasteiger partial charge in [-0.25, -0.2) is 13.2 Å².